The molecular formula is C7H16ClNO. The second-order valence-electron chi connectivity index (χ2n) is 2.36. The third-order valence-corrected chi connectivity index (χ3v) is 1.73. The fraction of sp³-hybridized carbons (Fsp3) is 1.00. The van der Waals surface area contributed by atoms with Crippen LogP contribution in [0.15, 0.2) is 0 Å². The highest BCUT2D eigenvalue weighted by atomic mass is 35.5. The minimum atomic E-state index is 0.0943. The standard InChI is InChI=1S/C7H16ClNO/c1-6(8)7(2)10-5-4-9-3/h6-7,9H,4-5H2,1-3H3/t6-,7?/m0/s1. The Balaban J connectivity index is 3.13. The predicted molar refractivity (Wildman–Crippen MR) is 44.7 cm³/mol. The number of ether oxygens (including phenoxy) is 1. The molecule has 0 heterocycles. The fourth-order valence-electron chi connectivity index (χ4n) is 0.479. The van der Waals surface area contributed by atoms with Gasteiger partial charge in [-0.3, -0.25) is 0 Å². The molecule has 0 aromatic rings. The molecular weight excluding hydrogens is 150 g/mol. The maximum atomic E-state index is 5.76. The van der Waals surface area contributed by atoms with Gasteiger partial charge >= 0.3 is 0 Å². The molecule has 0 aliphatic heterocycles. The van der Waals surface area contributed by atoms with Crippen LogP contribution in [0.25, 0.3) is 0 Å². The Labute approximate surface area is 67.9 Å². The summed E-state index contributed by atoms with van der Waals surface area (Å²) < 4.78 is 5.35. The number of hydrogen-bond acceptors (Lipinski definition) is 2. The lowest BCUT2D eigenvalue weighted by atomic mass is 10.3. The van der Waals surface area contributed by atoms with Crippen molar-refractivity contribution in [1.29, 1.82) is 0 Å². The lowest BCUT2D eigenvalue weighted by molar-refractivity contribution is 0.0689. The molecule has 0 rings (SSSR count). The average molecular weight is 166 g/mol. The maximum Gasteiger partial charge on any atom is 0.0708 e. The molecule has 0 aliphatic carbocycles. The Hall–Kier alpha value is 0.210. The second-order valence-corrected chi connectivity index (χ2v) is 3.05. The molecule has 3 heteroatoms. The molecule has 0 aromatic heterocycles. The fourth-order valence-corrected chi connectivity index (χ4v) is 0.552. The number of halogens is 1. The molecule has 0 bridgehead atoms. The van der Waals surface area contributed by atoms with E-state index in [0.29, 0.717) is 0 Å². The van der Waals surface area contributed by atoms with Gasteiger partial charge in [-0.2, -0.15) is 0 Å². The van der Waals surface area contributed by atoms with Crippen LogP contribution in [-0.4, -0.2) is 31.7 Å². The van der Waals surface area contributed by atoms with E-state index >= 15 is 0 Å². The molecule has 0 spiro atoms. The van der Waals surface area contributed by atoms with Crippen molar-refractivity contribution < 1.29 is 4.74 Å². The molecule has 62 valence electrons. The first-order chi connectivity index (χ1) is 4.68. The van der Waals surface area contributed by atoms with E-state index in [4.69, 9.17) is 16.3 Å². The van der Waals surface area contributed by atoms with Crippen molar-refractivity contribution in [2.24, 2.45) is 0 Å². The van der Waals surface area contributed by atoms with E-state index in [0.717, 1.165) is 13.2 Å². The van der Waals surface area contributed by atoms with Crippen molar-refractivity contribution >= 4 is 11.6 Å². The monoisotopic (exact) mass is 165 g/mol. The van der Waals surface area contributed by atoms with Gasteiger partial charge in [0.05, 0.1) is 18.1 Å². The lowest BCUT2D eigenvalue weighted by Gasteiger charge is -2.14. The first kappa shape index (κ1) is 10.2. The van der Waals surface area contributed by atoms with Crippen molar-refractivity contribution in [2.75, 3.05) is 20.2 Å². The Morgan fingerprint density at radius 3 is 2.50 bits per heavy atom. The molecule has 0 fully saturated rings. The van der Waals surface area contributed by atoms with Crippen LogP contribution >= 0.6 is 11.6 Å². The van der Waals surface area contributed by atoms with Crippen LogP contribution in [0.2, 0.25) is 0 Å². The highest BCUT2D eigenvalue weighted by molar-refractivity contribution is 6.20. The highest BCUT2D eigenvalue weighted by Crippen LogP contribution is 2.04. The van der Waals surface area contributed by atoms with Crippen molar-refractivity contribution in [3.63, 3.8) is 0 Å². The summed E-state index contributed by atoms with van der Waals surface area (Å²) in [6, 6.07) is 0. The second kappa shape index (κ2) is 5.96. The Morgan fingerprint density at radius 1 is 1.50 bits per heavy atom. The number of alkyl halides is 1. The van der Waals surface area contributed by atoms with E-state index in [9.17, 15) is 0 Å². The zero-order chi connectivity index (χ0) is 7.98. The van der Waals surface area contributed by atoms with Crippen LogP contribution in [0.1, 0.15) is 13.8 Å². The molecule has 0 radical (unpaired) electrons. The molecule has 10 heavy (non-hydrogen) atoms. The highest BCUT2D eigenvalue weighted by Gasteiger charge is 2.07. The molecule has 0 saturated heterocycles. The van der Waals surface area contributed by atoms with Gasteiger partial charge in [-0.15, -0.1) is 11.6 Å². The number of likely N-dealkylation sites (N-methyl/N-ethyl adjacent to an activating group) is 1. The van der Waals surface area contributed by atoms with E-state index in [1.54, 1.807) is 0 Å². The largest absolute Gasteiger partial charge is 0.376 e. The number of hydrogen-bond donors (Lipinski definition) is 1. The van der Waals surface area contributed by atoms with Crippen molar-refractivity contribution in [3.8, 4) is 0 Å². The van der Waals surface area contributed by atoms with Gasteiger partial charge in [0.2, 0.25) is 0 Å². The Morgan fingerprint density at radius 2 is 2.10 bits per heavy atom. The molecule has 1 N–H and O–H groups in total. The third-order valence-electron chi connectivity index (χ3n) is 1.38. The minimum Gasteiger partial charge on any atom is -0.376 e. The van der Waals surface area contributed by atoms with Gasteiger partial charge < -0.3 is 10.1 Å². The minimum absolute atomic E-state index is 0.0943. The van der Waals surface area contributed by atoms with Gasteiger partial charge in [-0.1, -0.05) is 0 Å². The molecule has 0 aliphatic rings. The van der Waals surface area contributed by atoms with Crippen LogP contribution in [0, 0.1) is 0 Å². The molecule has 0 saturated carbocycles. The van der Waals surface area contributed by atoms with Crippen molar-refractivity contribution in [2.45, 2.75) is 25.3 Å². The third kappa shape index (κ3) is 5.03. The van der Waals surface area contributed by atoms with Gasteiger partial charge in [0.15, 0.2) is 0 Å². The zero-order valence-corrected chi connectivity index (χ0v) is 7.61. The summed E-state index contributed by atoms with van der Waals surface area (Å²) in [7, 11) is 1.90. The topological polar surface area (TPSA) is 21.3 Å². The van der Waals surface area contributed by atoms with Crippen LogP contribution in [-0.2, 0) is 4.74 Å². The first-order valence-electron chi connectivity index (χ1n) is 3.58. The molecule has 0 aromatic carbocycles. The van der Waals surface area contributed by atoms with Crippen LogP contribution in [0.5, 0.6) is 0 Å². The van der Waals surface area contributed by atoms with Gasteiger partial charge in [0, 0.05) is 6.54 Å². The van der Waals surface area contributed by atoms with E-state index < -0.39 is 0 Å². The number of rotatable bonds is 5. The summed E-state index contributed by atoms with van der Waals surface area (Å²) in [5.74, 6) is 0. The smallest absolute Gasteiger partial charge is 0.0708 e. The summed E-state index contributed by atoms with van der Waals surface area (Å²) in [5.41, 5.74) is 0. The van der Waals surface area contributed by atoms with Crippen LogP contribution in [0.3, 0.4) is 0 Å². The normalized spacial score (nSPS) is 16.8. The van der Waals surface area contributed by atoms with Gasteiger partial charge in [0.1, 0.15) is 0 Å². The van der Waals surface area contributed by atoms with E-state index in [2.05, 4.69) is 5.32 Å². The van der Waals surface area contributed by atoms with Crippen LogP contribution < -0.4 is 5.32 Å². The SMILES string of the molecule is CNCCOC(C)[C@H](C)Cl. The van der Waals surface area contributed by atoms with Gasteiger partial charge in [-0.05, 0) is 20.9 Å². The molecule has 0 amide bonds. The van der Waals surface area contributed by atoms with Crippen molar-refractivity contribution in [3.05, 3.63) is 0 Å². The zero-order valence-electron chi connectivity index (χ0n) is 6.86. The molecule has 1 unspecified atom stereocenters. The van der Waals surface area contributed by atoms with E-state index in [1.165, 1.54) is 0 Å². The summed E-state index contributed by atoms with van der Waals surface area (Å²) in [4.78, 5) is 0. The summed E-state index contributed by atoms with van der Waals surface area (Å²) >= 11 is 5.76. The van der Waals surface area contributed by atoms with E-state index in [-0.39, 0.29) is 11.5 Å². The maximum absolute atomic E-state index is 5.76. The van der Waals surface area contributed by atoms with Crippen molar-refractivity contribution in [1.82, 2.24) is 5.32 Å². The lowest BCUT2D eigenvalue weighted by Crippen LogP contribution is -2.23. The summed E-state index contributed by atoms with van der Waals surface area (Å²) in [6.07, 6.45) is 0.148. The first-order valence-corrected chi connectivity index (χ1v) is 4.02. The van der Waals surface area contributed by atoms with Gasteiger partial charge in [0.25, 0.3) is 0 Å². The predicted octanol–water partition coefficient (Wildman–Crippen LogP) is 1.24. The molecule has 2 atom stereocenters. The quantitative estimate of drug-likeness (QED) is 0.489. The van der Waals surface area contributed by atoms with E-state index in [1.807, 2.05) is 20.9 Å². The Kier molecular flexibility index (Phi) is 6.08. The van der Waals surface area contributed by atoms with Gasteiger partial charge in [-0.25, -0.2) is 0 Å². The average Bonchev–Trinajstić information content (AvgIpc) is 1.88. The summed E-state index contributed by atoms with van der Waals surface area (Å²) in [5, 5.41) is 3.09. The Bertz CT molecular complexity index is 78.0. The van der Waals surface area contributed by atoms with Crippen LogP contribution in [0.4, 0.5) is 0 Å². The molecule has 2 nitrogen and oxygen atoms in total. The summed E-state index contributed by atoms with van der Waals surface area (Å²) in [6.45, 7) is 5.53. The number of nitrogens with one attached hydrogen (secondary N) is 1.